The lowest BCUT2D eigenvalue weighted by molar-refractivity contribution is -0.141. The molecule has 1 rings (SSSR count). The second kappa shape index (κ2) is 7.22. The normalized spacial score (nSPS) is 9.53. The van der Waals surface area contributed by atoms with Crippen molar-refractivity contribution in [2.45, 2.75) is 13.8 Å². The molecule has 0 fully saturated rings. The molecule has 0 aliphatic carbocycles. The fourth-order valence-electron chi connectivity index (χ4n) is 1.70. The van der Waals surface area contributed by atoms with Gasteiger partial charge in [-0.3, -0.25) is 4.79 Å². The van der Waals surface area contributed by atoms with E-state index in [2.05, 4.69) is 12.6 Å². The lowest BCUT2D eigenvalue weighted by Crippen LogP contribution is -2.32. The summed E-state index contributed by atoms with van der Waals surface area (Å²) in [5, 5.41) is 8.91. The summed E-state index contributed by atoms with van der Waals surface area (Å²) >= 11 is 0. The van der Waals surface area contributed by atoms with E-state index in [9.17, 15) is 4.79 Å². The first-order chi connectivity index (χ1) is 9.06. The predicted molar refractivity (Wildman–Crippen MR) is 74.8 cm³/mol. The Hall–Kier alpha value is -2.28. The number of anilines is 1. The van der Waals surface area contributed by atoms with Crippen molar-refractivity contribution < 1.29 is 9.53 Å². The van der Waals surface area contributed by atoms with Crippen molar-refractivity contribution in [3.05, 3.63) is 42.0 Å². The van der Waals surface area contributed by atoms with Gasteiger partial charge < -0.3 is 9.64 Å². The van der Waals surface area contributed by atoms with Crippen molar-refractivity contribution in [3.63, 3.8) is 0 Å². The topological polar surface area (TPSA) is 53.3 Å². The van der Waals surface area contributed by atoms with Gasteiger partial charge in [0.25, 0.3) is 0 Å². The monoisotopic (exact) mass is 258 g/mol. The molecule has 0 N–H and O–H groups in total. The quantitative estimate of drug-likeness (QED) is 0.581. The van der Waals surface area contributed by atoms with Crippen LogP contribution in [-0.4, -0.2) is 25.7 Å². The van der Waals surface area contributed by atoms with E-state index < -0.39 is 0 Å². The van der Waals surface area contributed by atoms with Gasteiger partial charge in [0.2, 0.25) is 0 Å². The number of hydrogen-bond acceptors (Lipinski definition) is 4. The molecular weight excluding hydrogens is 240 g/mol. The second-order valence-electron chi connectivity index (χ2n) is 4.28. The number of hydrogen-bond donors (Lipinski definition) is 0. The van der Waals surface area contributed by atoms with Gasteiger partial charge in [-0.1, -0.05) is 18.2 Å². The number of benzene rings is 1. The summed E-state index contributed by atoms with van der Waals surface area (Å²) in [6.45, 7) is 8.58. The summed E-state index contributed by atoms with van der Waals surface area (Å²) in [5.41, 5.74) is 2.31. The molecule has 0 saturated carbocycles. The zero-order chi connectivity index (χ0) is 14.3. The standard InChI is InChI=1S/C15H18N2O2/c1-4-19-15(18)11-17(10-12(2)3)14-7-5-6-13(8-14)9-16/h5-8H,2,4,10-11H2,1,3H3. The van der Waals surface area contributed by atoms with E-state index in [0.717, 1.165) is 11.3 Å². The molecule has 0 amide bonds. The van der Waals surface area contributed by atoms with Crippen LogP contribution in [-0.2, 0) is 9.53 Å². The molecule has 0 aliphatic rings. The van der Waals surface area contributed by atoms with Gasteiger partial charge in [-0.05, 0) is 32.0 Å². The fraction of sp³-hybridized carbons (Fsp3) is 0.333. The summed E-state index contributed by atoms with van der Waals surface area (Å²) in [6.07, 6.45) is 0. The molecule has 1 aromatic carbocycles. The Balaban J connectivity index is 2.92. The molecule has 0 unspecified atom stereocenters. The third-order valence-electron chi connectivity index (χ3n) is 2.43. The van der Waals surface area contributed by atoms with Crippen LogP contribution in [0.4, 0.5) is 5.69 Å². The van der Waals surface area contributed by atoms with E-state index in [1.54, 1.807) is 25.1 Å². The largest absolute Gasteiger partial charge is 0.465 e. The Morgan fingerprint density at radius 3 is 2.79 bits per heavy atom. The van der Waals surface area contributed by atoms with Gasteiger partial charge in [-0.2, -0.15) is 5.26 Å². The summed E-state index contributed by atoms with van der Waals surface area (Å²) in [4.78, 5) is 13.5. The summed E-state index contributed by atoms with van der Waals surface area (Å²) in [5.74, 6) is -0.286. The molecule has 19 heavy (non-hydrogen) atoms. The van der Waals surface area contributed by atoms with Crippen molar-refractivity contribution in [2.75, 3.05) is 24.6 Å². The molecule has 100 valence electrons. The zero-order valence-electron chi connectivity index (χ0n) is 11.3. The molecule has 0 spiro atoms. The van der Waals surface area contributed by atoms with Crippen molar-refractivity contribution in [1.82, 2.24) is 0 Å². The molecule has 0 aromatic heterocycles. The molecule has 0 radical (unpaired) electrons. The van der Waals surface area contributed by atoms with Gasteiger partial charge in [0.1, 0.15) is 6.54 Å². The van der Waals surface area contributed by atoms with E-state index in [1.807, 2.05) is 17.9 Å². The maximum Gasteiger partial charge on any atom is 0.325 e. The molecule has 4 nitrogen and oxygen atoms in total. The summed E-state index contributed by atoms with van der Waals surface area (Å²) < 4.78 is 4.96. The van der Waals surface area contributed by atoms with Crippen molar-refractivity contribution in [1.29, 1.82) is 5.26 Å². The Bertz CT molecular complexity index is 503. The average Bonchev–Trinajstić information content (AvgIpc) is 2.38. The van der Waals surface area contributed by atoms with Gasteiger partial charge in [0.05, 0.1) is 18.2 Å². The third-order valence-corrected chi connectivity index (χ3v) is 2.43. The third kappa shape index (κ3) is 4.84. The van der Waals surface area contributed by atoms with Crippen LogP contribution in [0.2, 0.25) is 0 Å². The van der Waals surface area contributed by atoms with Crippen molar-refractivity contribution >= 4 is 11.7 Å². The molecule has 0 saturated heterocycles. The van der Waals surface area contributed by atoms with Crippen LogP contribution >= 0.6 is 0 Å². The number of rotatable bonds is 6. The lowest BCUT2D eigenvalue weighted by atomic mass is 10.2. The maximum absolute atomic E-state index is 11.6. The number of esters is 1. The maximum atomic E-state index is 11.6. The Labute approximate surface area is 113 Å². The van der Waals surface area contributed by atoms with Crippen LogP contribution in [0.5, 0.6) is 0 Å². The molecule has 0 heterocycles. The number of nitriles is 1. The number of nitrogens with zero attached hydrogens (tertiary/aromatic N) is 2. The molecule has 0 bridgehead atoms. The van der Waals surface area contributed by atoms with E-state index in [4.69, 9.17) is 10.00 Å². The Morgan fingerprint density at radius 1 is 1.47 bits per heavy atom. The van der Waals surface area contributed by atoms with Gasteiger partial charge in [0, 0.05) is 12.2 Å². The Morgan fingerprint density at radius 2 is 2.21 bits per heavy atom. The van der Waals surface area contributed by atoms with E-state index >= 15 is 0 Å². The minimum Gasteiger partial charge on any atom is -0.465 e. The molecule has 4 heteroatoms. The van der Waals surface area contributed by atoms with Crippen molar-refractivity contribution in [2.24, 2.45) is 0 Å². The Kier molecular flexibility index (Phi) is 5.62. The second-order valence-corrected chi connectivity index (χ2v) is 4.28. The van der Waals surface area contributed by atoms with Gasteiger partial charge in [-0.15, -0.1) is 0 Å². The first-order valence-corrected chi connectivity index (χ1v) is 6.12. The number of carbonyl (C=O) groups excluding carboxylic acids is 1. The van der Waals surface area contributed by atoms with E-state index in [-0.39, 0.29) is 12.5 Å². The molecule has 1 aromatic rings. The van der Waals surface area contributed by atoms with Gasteiger partial charge in [0.15, 0.2) is 0 Å². The molecule has 0 aliphatic heterocycles. The van der Waals surface area contributed by atoms with Gasteiger partial charge in [-0.25, -0.2) is 0 Å². The summed E-state index contributed by atoms with van der Waals surface area (Å²) in [6, 6.07) is 9.23. The zero-order valence-corrected chi connectivity index (χ0v) is 11.3. The predicted octanol–water partition coefficient (Wildman–Crippen LogP) is 2.50. The fourth-order valence-corrected chi connectivity index (χ4v) is 1.70. The lowest BCUT2D eigenvalue weighted by Gasteiger charge is -2.24. The van der Waals surface area contributed by atoms with Crippen LogP contribution in [0, 0.1) is 11.3 Å². The van der Waals surface area contributed by atoms with E-state index in [1.165, 1.54) is 0 Å². The smallest absolute Gasteiger partial charge is 0.325 e. The first kappa shape index (κ1) is 14.8. The SMILES string of the molecule is C=C(C)CN(CC(=O)OCC)c1cccc(C#N)c1. The van der Waals surface area contributed by atoms with Crippen LogP contribution in [0.3, 0.4) is 0 Å². The highest BCUT2D eigenvalue weighted by molar-refractivity contribution is 5.76. The van der Waals surface area contributed by atoms with Crippen LogP contribution in [0.25, 0.3) is 0 Å². The highest BCUT2D eigenvalue weighted by Crippen LogP contribution is 2.17. The molecule has 0 atom stereocenters. The van der Waals surface area contributed by atoms with Crippen LogP contribution in [0.1, 0.15) is 19.4 Å². The van der Waals surface area contributed by atoms with E-state index in [0.29, 0.717) is 18.7 Å². The van der Waals surface area contributed by atoms with Gasteiger partial charge >= 0.3 is 5.97 Å². The minimum absolute atomic E-state index is 0.148. The van der Waals surface area contributed by atoms with Crippen LogP contribution in [0.15, 0.2) is 36.4 Å². The minimum atomic E-state index is -0.286. The highest BCUT2D eigenvalue weighted by atomic mass is 16.5. The highest BCUT2D eigenvalue weighted by Gasteiger charge is 2.13. The van der Waals surface area contributed by atoms with Crippen LogP contribution < -0.4 is 4.90 Å². The number of carbonyl (C=O) groups is 1. The molecular formula is C15H18N2O2. The van der Waals surface area contributed by atoms with Crippen molar-refractivity contribution in [3.8, 4) is 6.07 Å². The number of ether oxygens (including phenoxy) is 1. The summed E-state index contributed by atoms with van der Waals surface area (Å²) in [7, 11) is 0. The average molecular weight is 258 g/mol. The first-order valence-electron chi connectivity index (χ1n) is 6.12.